The Balaban J connectivity index is 0.00000961. The summed E-state index contributed by atoms with van der Waals surface area (Å²) in [6.45, 7) is 13.2. The van der Waals surface area contributed by atoms with Crippen molar-refractivity contribution in [2.24, 2.45) is 16.8 Å². The van der Waals surface area contributed by atoms with Gasteiger partial charge in [-0.3, -0.25) is 14.6 Å². The zero-order valence-corrected chi connectivity index (χ0v) is 23.5. The number of rotatable bonds is 13. The monoisotopic (exact) mass is 565 g/mol. The zero-order valence-electron chi connectivity index (χ0n) is 21.1. The molecule has 0 radical (unpaired) electrons. The van der Waals surface area contributed by atoms with Gasteiger partial charge in [0.1, 0.15) is 0 Å². The molecule has 0 saturated carbocycles. The second-order valence-electron chi connectivity index (χ2n) is 9.49. The molecule has 0 aliphatic carbocycles. The van der Waals surface area contributed by atoms with E-state index in [0.717, 1.165) is 44.2 Å². The van der Waals surface area contributed by atoms with Gasteiger partial charge in [-0.15, -0.1) is 24.0 Å². The van der Waals surface area contributed by atoms with Crippen LogP contribution in [0.2, 0.25) is 0 Å². The van der Waals surface area contributed by atoms with Crippen LogP contribution in [-0.2, 0) is 9.59 Å². The van der Waals surface area contributed by atoms with E-state index in [1.165, 1.54) is 19.3 Å². The molecule has 0 bridgehead atoms. The van der Waals surface area contributed by atoms with Gasteiger partial charge in [0.05, 0.1) is 0 Å². The molecule has 1 saturated heterocycles. The molecule has 0 spiro atoms. The van der Waals surface area contributed by atoms with Crippen LogP contribution in [0.5, 0.6) is 0 Å². The molecule has 8 heteroatoms. The van der Waals surface area contributed by atoms with Gasteiger partial charge in [-0.2, -0.15) is 0 Å². The van der Waals surface area contributed by atoms with E-state index in [-0.39, 0.29) is 35.8 Å². The maximum absolute atomic E-state index is 12.4. The fourth-order valence-electron chi connectivity index (χ4n) is 3.73. The number of guanidine groups is 1. The van der Waals surface area contributed by atoms with Gasteiger partial charge >= 0.3 is 0 Å². The molecule has 1 heterocycles. The average Bonchev–Trinajstić information content (AvgIpc) is 2.73. The summed E-state index contributed by atoms with van der Waals surface area (Å²) in [5, 5.41) is 6.72. The van der Waals surface area contributed by atoms with E-state index in [1.54, 1.807) is 7.05 Å². The average molecular weight is 566 g/mol. The maximum atomic E-state index is 12.4. The first-order valence-corrected chi connectivity index (χ1v) is 12.3. The molecule has 188 valence electrons. The number of nitrogens with zero attached hydrogens (tertiary/aromatic N) is 3. The molecule has 0 unspecified atom stereocenters. The molecule has 1 aliphatic rings. The van der Waals surface area contributed by atoms with Crippen LogP contribution >= 0.6 is 24.0 Å². The van der Waals surface area contributed by atoms with Crippen molar-refractivity contribution >= 4 is 41.8 Å². The fourth-order valence-corrected chi connectivity index (χ4v) is 3.73. The van der Waals surface area contributed by atoms with Crippen LogP contribution in [0.1, 0.15) is 79.1 Å². The molecule has 0 aromatic rings. The second kappa shape index (κ2) is 18.4. The van der Waals surface area contributed by atoms with E-state index in [0.29, 0.717) is 44.9 Å². The van der Waals surface area contributed by atoms with Gasteiger partial charge in [0, 0.05) is 59.2 Å². The van der Waals surface area contributed by atoms with Gasteiger partial charge in [-0.25, -0.2) is 0 Å². The number of aliphatic imine (C=N–C) groups is 1. The number of piperazine rings is 1. The van der Waals surface area contributed by atoms with Crippen LogP contribution in [-0.4, -0.2) is 73.9 Å². The Hall–Kier alpha value is -1.06. The van der Waals surface area contributed by atoms with E-state index in [1.807, 2.05) is 9.80 Å². The van der Waals surface area contributed by atoms with Crippen molar-refractivity contribution in [2.45, 2.75) is 79.1 Å². The molecule has 7 nitrogen and oxygen atoms in total. The molecule has 0 aromatic carbocycles. The van der Waals surface area contributed by atoms with E-state index in [4.69, 9.17) is 0 Å². The van der Waals surface area contributed by atoms with Crippen LogP contribution in [0.3, 0.4) is 0 Å². The number of hydrogen-bond acceptors (Lipinski definition) is 3. The molecule has 1 aliphatic heterocycles. The van der Waals surface area contributed by atoms with Gasteiger partial charge in [0.2, 0.25) is 11.8 Å². The van der Waals surface area contributed by atoms with Gasteiger partial charge < -0.3 is 20.4 Å². The summed E-state index contributed by atoms with van der Waals surface area (Å²) in [5.41, 5.74) is 0. The standard InChI is InChI=1S/C24H47N5O2.HI/c1-20(2)11-8-10-14-27-24(25-5)26-13-9-6-7-12-22(30)28-15-17-29(18-16-28)23(31)19-21(3)4;/h20-21H,6-19H2,1-5H3,(H2,25,26,27);1H. The molecule has 2 amide bonds. The minimum atomic E-state index is 0. The third-order valence-corrected chi connectivity index (χ3v) is 5.65. The topological polar surface area (TPSA) is 77.0 Å². The number of nitrogens with one attached hydrogen (secondary N) is 2. The van der Waals surface area contributed by atoms with E-state index >= 15 is 0 Å². The summed E-state index contributed by atoms with van der Waals surface area (Å²) in [6, 6.07) is 0. The number of carbonyl (C=O) groups is 2. The highest BCUT2D eigenvalue weighted by Gasteiger charge is 2.23. The maximum Gasteiger partial charge on any atom is 0.222 e. The third kappa shape index (κ3) is 14.2. The van der Waals surface area contributed by atoms with Crippen LogP contribution < -0.4 is 10.6 Å². The van der Waals surface area contributed by atoms with Gasteiger partial charge in [0.25, 0.3) is 0 Å². The van der Waals surface area contributed by atoms with Crippen molar-refractivity contribution in [3.8, 4) is 0 Å². The Morgan fingerprint density at radius 1 is 0.781 bits per heavy atom. The SMILES string of the molecule is CN=C(NCCCCCC(=O)N1CCN(C(=O)CC(C)C)CC1)NCCCCC(C)C.I. The lowest BCUT2D eigenvalue weighted by Gasteiger charge is -2.35. The molecular formula is C24H48IN5O2. The van der Waals surface area contributed by atoms with Gasteiger partial charge in [-0.05, 0) is 31.1 Å². The first kappa shape index (κ1) is 30.9. The van der Waals surface area contributed by atoms with E-state index in [9.17, 15) is 9.59 Å². The highest BCUT2D eigenvalue weighted by atomic mass is 127. The van der Waals surface area contributed by atoms with Crippen molar-refractivity contribution in [1.29, 1.82) is 0 Å². The Morgan fingerprint density at radius 3 is 1.81 bits per heavy atom. The number of halogens is 1. The van der Waals surface area contributed by atoms with Crippen LogP contribution in [0, 0.1) is 11.8 Å². The largest absolute Gasteiger partial charge is 0.356 e. The van der Waals surface area contributed by atoms with Crippen molar-refractivity contribution in [3.63, 3.8) is 0 Å². The summed E-state index contributed by atoms with van der Waals surface area (Å²) in [4.78, 5) is 32.7. The minimum Gasteiger partial charge on any atom is -0.356 e. The molecule has 0 aromatic heterocycles. The Labute approximate surface area is 213 Å². The zero-order chi connectivity index (χ0) is 23.1. The summed E-state index contributed by atoms with van der Waals surface area (Å²) < 4.78 is 0. The van der Waals surface area contributed by atoms with Crippen LogP contribution in [0.25, 0.3) is 0 Å². The molecule has 32 heavy (non-hydrogen) atoms. The number of carbonyl (C=O) groups excluding carboxylic acids is 2. The molecule has 1 fully saturated rings. The van der Waals surface area contributed by atoms with Crippen molar-refractivity contribution in [2.75, 3.05) is 46.3 Å². The lowest BCUT2D eigenvalue weighted by molar-refractivity contribution is -0.140. The van der Waals surface area contributed by atoms with Gasteiger partial charge in [-0.1, -0.05) is 47.0 Å². The predicted molar refractivity (Wildman–Crippen MR) is 145 cm³/mol. The summed E-state index contributed by atoms with van der Waals surface area (Å²) in [7, 11) is 1.80. The summed E-state index contributed by atoms with van der Waals surface area (Å²) in [6.07, 6.45) is 7.85. The van der Waals surface area contributed by atoms with E-state index in [2.05, 4.69) is 43.3 Å². The highest BCUT2D eigenvalue weighted by molar-refractivity contribution is 14.0. The smallest absolute Gasteiger partial charge is 0.222 e. The first-order valence-electron chi connectivity index (χ1n) is 12.3. The molecule has 1 rings (SSSR count). The molecular weight excluding hydrogens is 517 g/mol. The van der Waals surface area contributed by atoms with Crippen LogP contribution in [0.15, 0.2) is 4.99 Å². The summed E-state index contributed by atoms with van der Waals surface area (Å²) >= 11 is 0. The van der Waals surface area contributed by atoms with Crippen LogP contribution in [0.4, 0.5) is 0 Å². The predicted octanol–water partition coefficient (Wildman–Crippen LogP) is 3.87. The van der Waals surface area contributed by atoms with E-state index < -0.39 is 0 Å². The highest BCUT2D eigenvalue weighted by Crippen LogP contribution is 2.10. The summed E-state index contributed by atoms with van der Waals surface area (Å²) in [5.74, 6) is 2.46. The Morgan fingerprint density at radius 2 is 1.31 bits per heavy atom. The normalized spacial score (nSPS) is 14.5. The minimum absolute atomic E-state index is 0. The first-order chi connectivity index (χ1) is 14.8. The number of unbranched alkanes of at least 4 members (excludes halogenated alkanes) is 3. The van der Waals surface area contributed by atoms with Gasteiger partial charge in [0.15, 0.2) is 5.96 Å². The molecule has 2 N–H and O–H groups in total. The number of hydrogen-bond donors (Lipinski definition) is 2. The Kier molecular flexibility index (Phi) is 17.8. The third-order valence-electron chi connectivity index (χ3n) is 5.65. The lowest BCUT2D eigenvalue weighted by Crippen LogP contribution is -2.50. The number of amides is 2. The lowest BCUT2D eigenvalue weighted by atomic mass is 10.1. The fraction of sp³-hybridized carbons (Fsp3) is 0.875. The van der Waals surface area contributed by atoms with Crippen molar-refractivity contribution in [1.82, 2.24) is 20.4 Å². The van der Waals surface area contributed by atoms with Crippen molar-refractivity contribution < 1.29 is 9.59 Å². The Bertz CT molecular complexity index is 547. The molecule has 0 atom stereocenters. The second-order valence-corrected chi connectivity index (χ2v) is 9.49. The quantitative estimate of drug-likeness (QED) is 0.154. The van der Waals surface area contributed by atoms with Crippen molar-refractivity contribution in [3.05, 3.63) is 0 Å².